The van der Waals surface area contributed by atoms with E-state index in [4.69, 9.17) is 0 Å². The molecule has 2 rings (SSSR count). The molecular weight excluding hydrogens is 232 g/mol. The van der Waals surface area contributed by atoms with Crippen LogP contribution in [0, 0.1) is 20.8 Å². The summed E-state index contributed by atoms with van der Waals surface area (Å²) >= 11 is 0. The average Bonchev–Trinajstić information content (AvgIpc) is 2.44. The van der Waals surface area contributed by atoms with Crippen LogP contribution in [0.4, 0.5) is 17.1 Å². The zero-order chi connectivity index (χ0) is 14.0. The molecule has 0 aliphatic carbocycles. The highest BCUT2D eigenvalue weighted by Gasteiger charge is 2.10. The third-order valence-corrected chi connectivity index (χ3v) is 3.91. The van der Waals surface area contributed by atoms with Gasteiger partial charge in [0.25, 0.3) is 0 Å². The van der Waals surface area contributed by atoms with Crippen molar-refractivity contribution in [3.63, 3.8) is 0 Å². The van der Waals surface area contributed by atoms with Gasteiger partial charge in [-0.2, -0.15) is 0 Å². The molecule has 0 bridgehead atoms. The van der Waals surface area contributed by atoms with E-state index >= 15 is 0 Å². The van der Waals surface area contributed by atoms with Gasteiger partial charge >= 0.3 is 0 Å². The van der Waals surface area contributed by atoms with E-state index in [1.807, 2.05) is 7.05 Å². The number of nitrogens with zero attached hydrogens (tertiary/aromatic N) is 1. The van der Waals surface area contributed by atoms with Crippen molar-refractivity contribution in [2.75, 3.05) is 24.3 Å². The molecule has 0 unspecified atom stereocenters. The zero-order valence-corrected chi connectivity index (χ0v) is 12.4. The normalized spacial score (nSPS) is 10.4. The number of hydrogen-bond donors (Lipinski definition) is 1. The van der Waals surface area contributed by atoms with Gasteiger partial charge in [0, 0.05) is 31.2 Å². The van der Waals surface area contributed by atoms with Crippen molar-refractivity contribution in [1.82, 2.24) is 0 Å². The highest BCUT2D eigenvalue weighted by atomic mass is 15.1. The average molecular weight is 254 g/mol. The summed E-state index contributed by atoms with van der Waals surface area (Å²) in [5.41, 5.74) is 7.64. The predicted octanol–water partition coefficient (Wildman–Crippen LogP) is 4.42. The molecule has 0 aromatic heterocycles. The molecule has 2 aromatic rings. The SMILES string of the molecule is CNc1cccc(N(C)c2ccc(C)c(C)c2C)c1. The monoisotopic (exact) mass is 254 g/mol. The van der Waals surface area contributed by atoms with Crippen molar-refractivity contribution < 1.29 is 0 Å². The molecule has 0 radical (unpaired) electrons. The molecule has 19 heavy (non-hydrogen) atoms. The van der Waals surface area contributed by atoms with Crippen LogP contribution in [0.5, 0.6) is 0 Å². The van der Waals surface area contributed by atoms with Gasteiger partial charge in [-0.3, -0.25) is 0 Å². The standard InChI is InChI=1S/C17H22N2/c1-12-9-10-17(14(3)13(12)2)19(5)16-8-6-7-15(11-16)18-4/h6-11,18H,1-5H3. The molecule has 1 N–H and O–H groups in total. The van der Waals surface area contributed by atoms with E-state index in [2.05, 4.69) is 74.4 Å². The molecule has 0 aliphatic rings. The highest BCUT2D eigenvalue weighted by Crippen LogP contribution is 2.30. The Hall–Kier alpha value is -1.96. The molecule has 2 aromatic carbocycles. The van der Waals surface area contributed by atoms with E-state index < -0.39 is 0 Å². The Kier molecular flexibility index (Phi) is 3.79. The molecule has 0 atom stereocenters. The maximum atomic E-state index is 3.18. The maximum absolute atomic E-state index is 3.18. The number of nitrogens with one attached hydrogen (secondary N) is 1. The van der Waals surface area contributed by atoms with Gasteiger partial charge in [-0.15, -0.1) is 0 Å². The minimum atomic E-state index is 1.13. The molecule has 2 heteroatoms. The Morgan fingerprint density at radius 1 is 0.947 bits per heavy atom. The molecule has 0 saturated heterocycles. The Morgan fingerprint density at radius 3 is 2.37 bits per heavy atom. The Bertz CT molecular complexity index is 588. The second-order valence-electron chi connectivity index (χ2n) is 5.01. The van der Waals surface area contributed by atoms with Gasteiger partial charge in [0.1, 0.15) is 0 Å². The van der Waals surface area contributed by atoms with Crippen LogP contribution in [0.15, 0.2) is 36.4 Å². The number of rotatable bonds is 3. The molecule has 0 amide bonds. The van der Waals surface area contributed by atoms with Crippen molar-refractivity contribution in [2.24, 2.45) is 0 Å². The fourth-order valence-electron chi connectivity index (χ4n) is 2.31. The minimum absolute atomic E-state index is 1.13. The maximum Gasteiger partial charge on any atom is 0.0440 e. The summed E-state index contributed by atoms with van der Waals surface area (Å²) in [6, 6.07) is 12.8. The summed E-state index contributed by atoms with van der Waals surface area (Å²) in [6.45, 7) is 6.54. The first-order valence-electron chi connectivity index (χ1n) is 6.63. The van der Waals surface area contributed by atoms with E-state index in [1.165, 1.54) is 28.1 Å². The van der Waals surface area contributed by atoms with Crippen molar-refractivity contribution in [2.45, 2.75) is 20.8 Å². The van der Waals surface area contributed by atoms with Gasteiger partial charge in [-0.05, 0) is 61.7 Å². The van der Waals surface area contributed by atoms with E-state index in [9.17, 15) is 0 Å². The van der Waals surface area contributed by atoms with Crippen LogP contribution in [0.3, 0.4) is 0 Å². The third kappa shape index (κ3) is 2.58. The van der Waals surface area contributed by atoms with Gasteiger partial charge in [-0.1, -0.05) is 12.1 Å². The predicted molar refractivity (Wildman–Crippen MR) is 84.7 cm³/mol. The summed E-state index contributed by atoms with van der Waals surface area (Å²) in [5.74, 6) is 0. The summed E-state index contributed by atoms with van der Waals surface area (Å²) in [6.07, 6.45) is 0. The molecule has 0 fully saturated rings. The fourth-order valence-corrected chi connectivity index (χ4v) is 2.31. The second-order valence-corrected chi connectivity index (χ2v) is 5.01. The van der Waals surface area contributed by atoms with Crippen LogP contribution in [-0.4, -0.2) is 14.1 Å². The van der Waals surface area contributed by atoms with Crippen LogP contribution >= 0.6 is 0 Å². The highest BCUT2D eigenvalue weighted by molar-refractivity contribution is 5.70. The molecule has 100 valence electrons. The summed E-state index contributed by atoms with van der Waals surface area (Å²) < 4.78 is 0. The lowest BCUT2D eigenvalue weighted by atomic mass is 10.0. The van der Waals surface area contributed by atoms with Crippen LogP contribution in [0.1, 0.15) is 16.7 Å². The van der Waals surface area contributed by atoms with Crippen molar-refractivity contribution in [3.8, 4) is 0 Å². The molecule has 0 heterocycles. The number of benzene rings is 2. The second kappa shape index (κ2) is 5.35. The van der Waals surface area contributed by atoms with Gasteiger partial charge in [-0.25, -0.2) is 0 Å². The van der Waals surface area contributed by atoms with Crippen molar-refractivity contribution in [1.29, 1.82) is 0 Å². The Labute approximate surface area is 116 Å². The lowest BCUT2D eigenvalue weighted by Gasteiger charge is -2.24. The smallest absolute Gasteiger partial charge is 0.0440 e. The summed E-state index contributed by atoms with van der Waals surface area (Å²) in [4.78, 5) is 2.24. The van der Waals surface area contributed by atoms with Crippen molar-refractivity contribution >= 4 is 17.1 Å². The number of hydrogen-bond acceptors (Lipinski definition) is 2. The first kappa shape index (κ1) is 13.5. The van der Waals surface area contributed by atoms with Gasteiger partial charge in [0.2, 0.25) is 0 Å². The van der Waals surface area contributed by atoms with Crippen LogP contribution < -0.4 is 10.2 Å². The first-order chi connectivity index (χ1) is 9.04. The molecule has 2 nitrogen and oxygen atoms in total. The first-order valence-corrected chi connectivity index (χ1v) is 6.63. The molecule has 0 aliphatic heterocycles. The van der Waals surface area contributed by atoms with E-state index in [1.54, 1.807) is 0 Å². The van der Waals surface area contributed by atoms with E-state index in [-0.39, 0.29) is 0 Å². The number of aryl methyl sites for hydroxylation is 1. The van der Waals surface area contributed by atoms with Crippen molar-refractivity contribution in [3.05, 3.63) is 53.1 Å². The molecular formula is C17H22N2. The number of anilines is 3. The van der Waals surface area contributed by atoms with Crippen LogP contribution in [0.25, 0.3) is 0 Å². The topological polar surface area (TPSA) is 15.3 Å². The van der Waals surface area contributed by atoms with Gasteiger partial charge in [0.15, 0.2) is 0 Å². The van der Waals surface area contributed by atoms with E-state index in [0.29, 0.717) is 0 Å². The fraction of sp³-hybridized carbons (Fsp3) is 0.294. The third-order valence-electron chi connectivity index (χ3n) is 3.91. The van der Waals surface area contributed by atoms with E-state index in [0.717, 1.165) is 5.69 Å². The summed E-state index contributed by atoms with van der Waals surface area (Å²) in [5, 5.41) is 3.18. The largest absolute Gasteiger partial charge is 0.388 e. The Morgan fingerprint density at radius 2 is 1.68 bits per heavy atom. The van der Waals surface area contributed by atoms with Crippen LogP contribution in [-0.2, 0) is 0 Å². The van der Waals surface area contributed by atoms with Gasteiger partial charge < -0.3 is 10.2 Å². The Balaban J connectivity index is 2.44. The lowest BCUT2D eigenvalue weighted by Crippen LogP contribution is -2.12. The molecule has 0 spiro atoms. The van der Waals surface area contributed by atoms with Gasteiger partial charge in [0.05, 0.1) is 0 Å². The lowest BCUT2D eigenvalue weighted by molar-refractivity contribution is 1.15. The summed E-state index contributed by atoms with van der Waals surface area (Å²) in [7, 11) is 4.06. The molecule has 0 saturated carbocycles. The minimum Gasteiger partial charge on any atom is -0.388 e. The zero-order valence-electron chi connectivity index (χ0n) is 12.4. The van der Waals surface area contributed by atoms with Crippen LogP contribution in [0.2, 0.25) is 0 Å². The quantitative estimate of drug-likeness (QED) is 0.872.